The smallest absolute Gasteiger partial charge is 0.264 e. The topological polar surface area (TPSA) is 102 Å². The maximum absolute atomic E-state index is 12.8. The summed E-state index contributed by atoms with van der Waals surface area (Å²) < 4.78 is 28.7. The molecule has 0 aliphatic heterocycles. The molecule has 0 radical (unpaired) electrons. The SMILES string of the molecule is Cc1cccc(C)c1CNc1cc(C(=O)NCCCOS(C)(=O)=O)cn2c(C)c(C)nc12. The largest absolute Gasteiger partial charge is 0.378 e. The summed E-state index contributed by atoms with van der Waals surface area (Å²) in [5, 5.41) is 6.28. The molecule has 0 spiro atoms. The third-order valence-electron chi connectivity index (χ3n) is 5.46. The molecule has 2 aromatic heterocycles. The fourth-order valence-corrected chi connectivity index (χ4v) is 3.94. The minimum atomic E-state index is -3.48. The first kappa shape index (κ1) is 23.7. The molecule has 8 nitrogen and oxygen atoms in total. The van der Waals surface area contributed by atoms with Crippen LogP contribution in [0.25, 0.3) is 5.65 Å². The summed E-state index contributed by atoms with van der Waals surface area (Å²) in [7, 11) is -3.48. The first-order valence-electron chi connectivity index (χ1n) is 10.5. The number of carbonyl (C=O) groups excluding carboxylic acids is 1. The van der Waals surface area contributed by atoms with Crippen LogP contribution in [0.15, 0.2) is 30.5 Å². The summed E-state index contributed by atoms with van der Waals surface area (Å²) in [6, 6.07) is 8.01. The molecule has 2 heterocycles. The first-order valence-corrected chi connectivity index (χ1v) is 12.3. The van der Waals surface area contributed by atoms with E-state index in [4.69, 9.17) is 4.18 Å². The van der Waals surface area contributed by atoms with Gasteiger partial charge in [-0.15, -0.1) is 0 Å². The standard InChI is InChI=1S/C23H30N4O4S/c1-15-8-6-9-16(2)20(15)13-25-21-12-19(14-27-18(4)17(3)26-22(21)27)23(28)24-10-7-11-31-32(5,29)30/h6,8-9,12,14,25H,7,10-11,13H2,1-5H3,(H,24,28). The zero-order valence-corrected chi connectivity index (χ0v) is 20.0. The van der Waals surface area contributed by atoms with Gasteiger partial charge in [-0.3, -0.25) is 8.98 Å². The number of benzene rings is 1. The molecular formula is C23H30N4O4S. The number of aryl methyl sites for hydroxylation is 4. The van der Waals surface area contributed by atoms with Crippen LogP contribution < -0.4 is 10.6 Å². The molecule has 0 saturated carbocycles. The minimum absolute atomic E-state index is 0.0283. The highest BCUT2D eigenvalue weighted by molar-refractivity contribution is 7.85. The van der Waals surface area contributed by atoms with Crippen LogP contribution in [0.4, 0.5) is 5.69 Å². The van der Waals surface area contributed by atoms with Crippen LogP contribution in [-0.4, -0.2) is 43.1 Å². The lowest BCUT2D eigenvalue weighted by Gasteiger charge is -2.14. The molecule has 0 bridgehead atoms. The zero-order chi connectivity index (χ0) is 23.5. The predicted molar refractivity (Wildman–Crippen MR) is 126 cm³/mol. The number of aromatic nitrogens is 2. The number of imidazole rings is 1. The summed E-state index contributed by atoms with van der Waals surface area (Å²) in [5.41, 5.74) is 7.52. The number of hydrogen-bond donors (Lipinski definition) is 2. The third-order valence-corrected chi connectivity index (χ3v) is 6.06. The van der Waals surface area contributed by atoms with Gasteiger partial charge < -0.3 is 15.0 Å². The Morgan fingerprint density at radius 3 is 2.50 bits per heavy atom. The normalized spacial score (nSPS) is 11.7. The Kier molecular flexibility index (Phi) is 7.20. The van der Waals surface area contributed by atoms with Gasteiger partial charge in [0.05, 0.1) is 29.8 Å². The van der Waals surface area contributed by atoms with E-state index in [-0.39, 0.29) is 12.5 Å². The molecule has 1 amide bonds. The molecule has 0 atom stereocenters. The van der Waals surface area contributed by atoms with Crippen LogP contribution in [0.3, 0.4) is 0 Å². The van der Waals surface area contributed by atoms with Crippen molar-refractivity contribution in [1.82, 2.24) is 14.7 Å². The lowest BCUT2D eigenvalue weighted by molar-refractivity contribution is 0.0951. The van der Waals surface area contributed by atoms with Gasteiger partial charge in [0.1, 0.15) is 0 Å². The summed E-state index contributed by atoms with van der Waals surface area (Å²) in [4.78, 5) is 17.4. The van der Waals surface area contributed by atoms with Gasteiger partial charge in [-0.1, -0.05) is 18.2 Å². The van der Waals surface area contributed by atoms with Crippen LogP contribution in [-0.2, 0) is 20.8 Å². The van der Waals surface area contributed by atoms with Crippen molar-refractivity contribution < 1.29 is 17.4 Å². The van der Waals surface area contributed by atoms with E-state index in [9.17, 15) is 13.2 Å². The van der Waals surface area contributed by atoms with E-state index in [1.54, 1.807) is 12.3 Å². The summed E-state index contributed by atoms with van der Waals surface area (Å²) in [5.74, 6) is -0.243. The monoisotopic (exact) mass is 458 g/mol. The number of pyridine rings is 1. The van der Waals surface area contributed by atoms with Crippen molar-refractivity contribution in [2.75, 3.05) is 24.7 Å². The van der Waals surface area contributed by atoms with Crippen molar-refractivity contribution in [3.8, 4) is 0 Å². The van der Waals surface area contributed by atoms with E-state index >= 15 is 0 Å². The molecule has 172 valence electrons. The van der Waals surface area contributed by atoms with Gasteiger partial charge in [-0.2, -0.15) is 8.42 Å². The first-order chi connectivity index (χ1) is 15.1. The predicted octanol–water partition coefficient (Wildman–Crippen LogP) is 3.28. The third kappa shape index (κ3) is 5.66. The van der Waals surface area contributed by atoms with E-state index in [0.717, 1.165) is 29.0 Å². The Bertz CT molecular complexity index is 1230. The summed E-state index contributed by atoms with van der Waals surface area (Å²) in [6.07, 6.45) is 3.17. The second-order valence-electron chi connectivity index (χ2n) is 7.98. The molecule has 0 fully saturated rings. The van der Waals surface area contributed by atoms with Gasteiger partial charge >= 0.3 is 0 Å². The van der Waals surface area contributed by atoms with E-state index in [1.165, 1.54) is 16.7 Å². The Morgan fingerprint density at radius 1 is 1.16 bits per heavy atom. The average Bonchev–Trinajstić information content (AvgIpc) is 3.00. The molecule has 0 saturated heterocycles. The molecule has 3 rings (SSSR count). The van der Waals surface area contributed by atoms with Crippen molar-refractivity contribution in [3.63, 3.8) is 0 Å². The van der Waals surface area contributed by atoms with Crippen LogP contribution >= 0.6 is 0 Å². The molecule has 3 aromatic rings. The number of carbonyl (C=O) groups is 1. The van der Waals surface area contributed by atoms with E-state index in [2.05, 4.69) is 41.6 Å². The van der Waals surface area contributed by atoms with Gasteiger partial charge in [-0.05, 0) is 56.9 Å². The fourth-order valence-electron chi connectivity index (χ4n) is 3.52. The lowest BCUT2D eigenvalue weighted by atomic mass is 10.0. The number of nitrogens with zero attached hydrogens (tertiary/aromatic N) is 2. The van der Waals surface area contributed by atoms with Crippen LogP contribution in [0, 0.1) is 27.7 Å². The number of nitrogens with one attached hydrogen (secondary N) is 2. The molecule has 9 heteroatoms. The Balaban J connectivity index is 1.80. The maximum Gasteiger partial charge on any atom is 0.264 e. The van der Waals surface area contributed by atoms with E-state index in [1.807, 2.05) is 24.3 Å². The summed E-state index contributed by atoms with van der Waals surface area (Å²) in [6.45, 7) is 9.03. The zero-order valence-electron chi connectivity index (χ0n) is 19.2. The number of anilines is 1. The Morgan fingerprint density at radius 2 is 1.84 bits per heavy atom. The van der Waals surface area contributed by atoms with Crippen molar-refractivity contribution in [1.29, 1.82) is 0 Å². The quantitative estimate of drug-likeness (QED) is 0.377. The molecule has 0 aliphatic carbocycles. The van der Waals surface area contributed by atoms with E-state index < -0.39 is 10.1 Å². The molecule has 32 heavy (non-hydrogen) atoms. The number of amides is 1. The van der Waals surface area contributed by atoms with E-state index in [0.29, 0.717) is 25.1 Å². The highest BCUT2D eigenvalue weighted by atomic mass is 32.2. The van der Waals surface area contributed by atoms with Crippen molar-refractivity contribution in [2.45, 2.75) is 40.7 Å². The molecule has 0 aliphatic rings. The maximum atomic E-state index is 12.8. The van der Waals surface area contributed by atoms with Crippen molar-refractivity contribution >= 4 is 27.4 Å². The minimum Gasteiger partial charge on any atom is -0.378 e. The van der Waals surface area contributed by atoms with Gasteiger partial charge in [0, 0.05) is 25.0 Å². The highest BCUT2D eigenvalue weighted by Gasteiger charge is 2.15. The van der Waals surface area contributed by atoms with Crippen LogP contribution in [0.2, 0.25) is 0 Å². The van der Waals surface area contributed by atoms with Gasteiger partial charge in [-0.25, -0.2) is 4.98 Å². The van der Waals surface area contributed by atoms with Gasteiger partial charge in [0.15, 0.2) is 5.65 Å². The van der Waals surface area contributed by atoms with Crippen LogP contribution in [0.1, 0.15) is 44.9 Å². The number of hydrogen-bond acceptors (Lipinski definition) is 6. The number of fused-ring (bicyclic) bond motifs is 1. The Hall–Kier alpha value is -2.91. The van der Waals surface area contributed by atoms with Crippen molar-refractivity contribution in [2.24, 2.45) is 0 Å². The second kappa shape index (κ2) is 9.70. The second-order valence-corrected chi connectivity index (χ2v) is 9.62. The molecule has 1 aromatic carbocycles. The van der Waals surface area contributed by atoms with Crippen LogP contribution in [0.5, 0.6) is 0 Å². The highest BCUT2D eigenvalue weighted by Crippen LogP contribution is 2.24. The van der Waals surface area contributed by atoms with Gasteiger partial charge in [0.25, 0.3) is 16.0 Å². The fraction of sp³-hybridized carbons (Fsp3) is 0.391. The molecular weight excluding hydrogens is 428 g/mol. The molecule has 2 N–H and O–H groups in total. The molecule has 0 unspecified atom stereocenters. The lowest BCUT2D eigenvalue weighted by Crippen LogP contribution is -2.26. The number of rotatable bonds is 9. The Labute approximate surface area is 189 Å². The summed E-state index contributed by atoms with van der Waals surface area (Å²) >= 11 is 0. The van der Waals surface area contributed by atoms with Gasteiger partial charge in [0.2, 0.25) is 0 Å². The van der Waals surface area contributed by atoms with Crippen molar-refractivity contribution in [3.05, 3.63) is 64.1 Å². The average molecular weight is 459 g/mol.